The highest BCUT2D eigenvalue weighted by Gasteiger charge is 2.69. The van der Waals surface area contributed by atoms with Gasteiger partial charge in [-0.2, -0.15) is 0 Å². The van der Waals surface area contributed by atoms with Crippen LogP contribution in [0.2, 0.25) is 0 Å². The van der Waals surface area contributed by atoms with Crippen molar-refractivity contribution in [2.45, 2.75) is 71.1 Å². The molecule has 2 fully saturated rings. The Kier molecular flexibility index (Phi) is 3.51. The number of ketones is 2. The average Bonchev–Trinajstić information content (AvgIpc) is 2.87. The van der Waals surface area contributed by atoms with E-state index in [9.17, 15) is 14.7 Å². The van der Waals surface area contributed by atoms with E-state index in [-0.39, 0.29) is 29.8 Å². The third-order valence-electron chi connectivity index (χ3n) is 8.00. The second-order valence-electron chi connectivity index (χ2n) is 9.03. The van der Waals surface area contributed by atoms with Crippen molar-refractivity contribution in [3.8, 4) is 0 Å². The number of rotatable bonds is 1. The lowest BCUT2D eigenvalue weighted by Gasteiger charge is -2.62. The molecule has 6 atom stereocenters. The van der Waals surface area contributed by atoms with Gasteiger partial charge in [-0.3, -0.25) is 9.59 Å². The van der Waals surface area contributed by atoms with Crippen LogP contribution in [0.15, 0.2) is 23.3 Å². The molecule has 0 radical (unpaired) electrons. The molecule has 0 heterocycles. The number of alkyl halides is 1. The van der Waals surface area contributed by atoms with Gasteiger partial charge in [-0.25, -0.2) is 4.39 Å². The van der Waals surface area contributed by atoms with Crippen LogP contribution in [-0.4, -0.2) is 28.4 Å². The van der Waals surface area contributed by atoms with Gasteiger partial charge in [0.15, 0.2) is 11.6 Å². The Hall–Kier alpha value is -1.29. The molecule has 1 N–H and O–H groups in total. The fourth-order valence-electron chi connectivity index (χ4n) is 6.69. The van der Waals surface area contributed by atoms with Crippen molar-refractivity contribution >= 4 is 11.6 Å². The number of aliphatic hydroxyl groups is 1. The van der Waals surface area contributed by atoms with Gasteiger partial charge in [0.1, 0.15) is 5.67 Å². The second-order valence-corrected chi connectivity index (χ2v) is 9.03. The van der Waals surface area contributed by atoms with Crippen molar-refractivity contribution in [3.63, 3.8) is 0 Å². The van der Waals surface area contributed by atoms with Gasteiger partial charge in [0.2, 0.25) is 0 Å². The first-order valence-electron chi connectivity index (χ1n) is 9.47. The van der Waals surface area contributed by atoms with Crippen LogP contribution in [0.5, 0.6) is 0 Å². The van der Waals surface area contributed by atoms with Crippen LogP contribution in [0.25, 0.3) is 0 Å². The zero-order valence-corrected chi connectivity index (χ0v) is 15.3. The first-order valence-corrected chi connectivity index (χ1v) is 9.47. The SMILES string of the molecule is CC(=O)C1=CC[C@H]2[C@@H]3CCC4=CC(=O)CC[C@]4(C)[C@@]3(F)C(O)C[C@]12C. The fraction of sp³-hybridized carbons (Fsp3) is 0.714. The van der Waals surface area contributed by atoms with Gasteiger partial charge in [0.05, 0.1) is 6.10 Å². The summed E-state index contributed by atoms with van der Waals surface area (Å²) in [7, 11) is 0. The normalized spacial score (nSPS) is 48.8. The summed E-state index contributed by atoms with van der Waals surface area (Å²) in [6, 6.07) is 0. The molecule has 0 aromatic rings. The number of aliphatic hydroxyl groups excluding tert-OH is 1. The minimum Gasteiger partial charge on any atom is -0.390 e. The van der Waals surface area contributed by atoms with Crippen molar-refractivity contribution in [1.29, 1.82) is 0 Å². The summed E-state index contributed by atoms with van der Waals surface area (Å²) in [5.41, 5.74) is -1.29. The topological polar surface area (TPSA) is 54.4 Å². The fourth-order valence-corrected chi connectivity index (χ4v) is 6.69. The van der Waals surface area contributed by atoms with E-state index in [2.05, 4.69) is 0 Å². The average molecular weight is 346 g/mol. The number of carbonyl (C=O) groups excluding carboxylic acids is 2. The Morgan fingerprint density at radius 1 is 1.28 bits per heavy atom. The summed E-state index contributed by atoms with van der Waals surface area (Å²) in [6.07, 6.45) is 5.67. The molecule has 0 aromatic carbocycles. The highest BCUT2D eigenvalue weighted by molar-refractivity contribution is 5.95. The van der Waals surface area contributed by atoms with E-state index >= 15 is 4.39 Å². The zero-order valence-electron chi connectivity index (χ0n) is 15.3. The van der Waals surface area contributed by atoms with Gasteiger partial charge in [-0.1, -0.05) is 25.5 Å². The zero-order chi connectivity index (χ0) is 18.2. The quantitative estimate of drug-likeness (QED) is 0.787. The first-order chi connectivity index (χ1) is 11.6. The van der Waals surface area contributed by atoms with E-state index in [1.54, 1.807) is 13.0 Å². The van der Waals surface area contributed by atoms with Crippen LogP contribution in [-0.2, 0) is 9.59 Å². The number of halogens is 1. The lowest BCUT2D eigenvalue weighted by atomic mass is 9.44. The predicted molar refractivity (Wildman–Crippen MR) is 92.6 cm³/mol. The van der Waals surface area contributed by atoms with Gasteiger partial charge < -0.3 is 5.11 Å². The highest BCUT2D eigenvalue weighted by atomic mass is 19.1. The van der Waals surface area contributed by atoms with Crippen LogP contribution in [0.4, 0.5) is 4.39 Å². The van der Waals surface area contributed by atoms with Gasteiger partial charge in [-0.15, -0.1) is 0 Å². The maximum Gasteiger partial charge on any atom is 0.156 e. The van der Waals surface area contributed by atoms with Crippen LogP contribution in [0.1, 0.15) is 59.3 Å². The maximum absolute atomic E-state index is 16.7. The van der Waals surface area contributed by atoms with E-state index in [0.29, 0.717) is 32.1 Å². The third-order valence-corrected chi connectivity index (χ3v) is 8.00. The van der Waals surface area contributed by atoms with Crippen molar-refractivity contribution in [1.82, 2.24) is 0 Å². The molecule has 0 bridgehead atoms. The van der Waals surface area contributed by atoms with Crippen LogP contribution in [0, 0.1) is 22.7 Å². The summed E-state index contributed by atoms with van der Waals surface area (Å²) in [5.74, 6) is -0.110. The van der Waals surface area contributed by atoms with E-state index in [1.807, 2.05) is 19.9 Å². The number of allylic oxidation sites excluding steroid dienone is 4. The van der Waals surface area contributed by atoms with E-state index in [0.717, 1.165) is 11.1 Å². The predicted octanol–water partition coefficient (Wildman–Crippen LogP) is 3.71. The minimum atomic E-state index is -1.72. The monoisotopic (exact) mass is 346 g/mol. The molecule has 0 spiro atoms. The number of hydrogen-bond donors (Lipinski definition) is 1. The van der Waals surface area contributed by atoms with Crippen LogP contribution < -0.4 is 0 Å². The van der Waals surface area contributed by atoms with Crippen molar-refractivity contribution in [2.75, 3.05) is 0 Å². The molecule has 4 heteroatoms. The third kappa shape index (κ3) is 1.95. The molecule has 4 rings (SSSR count). The Balaban J connectivity index is 1.80. The minimum absolute atomic E-state index is 0.0365. The molecule has 4 aliphatic carbocycles. The van der Waals surface area contributed by atoms with Gasteiger partial charge in [-0.05, 0) is 56.6 Å². The molecular formula is C21H27FO3. The molecule has 0 saturated heterocycles. The van der Waals surface area contributed by atoms with Gasteiger partial charge >= 0.3 is 0 Å². The summed E-state index contributed by atoms with van der Waals surface area (Å²) in [5, 5.41) is 11.0. The molecule has 1 unspecified atom stereocenters. The molecule has 3 nitrogen and oxygen atoms in total. The lowest BCUT2D eigenvalue weighted by Crippen LogP contribution is -2.67. The number of fused-ring (bicyclic) bond motifs is 5. The van der Waals surface area contributed by atoms with Crippen molar-refractivity contribution in [2.24, 2.45) is 22.7 Å². The molecule has 25 heavy (non-hydrogen) atoms. The summed E-state index contributed by atoms with van der Waals surface area (Å²) >= 11 is 0. The number of Topliss-reactive ketones (excluding diaryl/α,β-unsaturated/α-hetero) is 1. The standard InChI is InChI=1S/C21H27FO3/c1-12(23)15-6-7-16-17-5-4-13-10-14(24)8-9-20(13,3)21(17,22)18(25)11-19(15,16)2/h6,10,16-18,25H,4-5,7-9,11H2,1-3H3/t16-,17-,18?,19+,20-,21-/m0/s1. The summed E-state index contributed by atoms with van der Waals surface area (Å²) in [6.45, 7) is 5.50. The number of carbonyl (C=O) groups is 2. The smallest absolute Gasteiger partial charge is 0.156 e. The van der Waals surface area contributed by atoms with E-state index in [4.69, 9.17) is 0 Å². The van der Waals surface area contributed by atoms with Crippen LogP contribution >= 0.6 is 0 Å². The molecular weight excluding hydrogens is 319 g/mol. The summed E-state index contributed by atoms with van der Waals surface area (Å²) in [4.78, 5) is 23.9. The molecule has 0 amide bonds. The maximum atomic E-state index is 16.7. The molecule has 0 aliphatic heterocycles. The molecule has 4 aliphatic rings. The lowest BCUT2D eigenvalue weighted by molar-refractivity contribution is -0.200. The Morgan fingerprint density at radius 3 is 2.68 bits per heavy atom. The van der Waals surface area contributed by atoms with Gasteiger partial charge in [0, 0.05) is 23.2 Å². The first kappa shape index (κ1) is 17.1. The van der Waals surface area contributed by atoms with Crippen molar-refractivity contribution in [3.05, 3.63) is 23.3 Å². The Labute approximate surface area is 148 Å². The Morgan fingerprint density at radius 2 is 2.00 bits per heavy atom. The summed E-state index contributed by atoms with van der Waals surface area (Å²) < 4.78 is 16.7. The Bertz CT molecular complexity index is 723. The molecule has 2 saturated carbocycles. The largest absolute Gasteiger partial charge is 0.390 e. The highest BCUT2D eigenvalue weighted by Crippen LogP contribution is 2.68. The molecule has 0 aromatic heterocycles. The van der Waals surface area contributed by atoms with Gasteiger partial charge in [0.25, 0.3) is 0 Å². The second kappa shape index (κ2) is 5.12. The van der Waals surface area contributed by atoms with Crippen LogP contribution in [0.3, 0.4) is 0 Å². The van der Waals surface area contributed by atoms with Crippen molar-refractivity contribution < 1.29 is 19.1 Å². The number of hydrogen-bond acceptors (Lipinski definition) is 3. The van der Waals surface area contributed by atoms with E-state index in [1.165, 1.54) is 0 Å². The van der Waals surface area contributed by atoms with E-state index < -0.39 is 22.6 Å². The molecule has 136 valence electrons.